The topological polar surface area (TPSA) is 185 Å². The van der Waals surface area contributed by atoms with E-state index in [9.17, 15) is 37.8 Å². The predicted octanol–water partition coefficient (Wildman–Crippen LogP) is 4.53. The van der Waals surface area contributed by atoms with Gasteiger partial charge in [-0.25, -0.2) is 9.59 Å². The molecule has 2 aliphatic rings. The van der Waals surface area contributed by atoms with Gasteiger partial charge in [-0.3, -0.25) is 19.8 Å². The number of anilines is 1. The van der Waals surface area contributed by atoms with Gasteiger partial charge in [0.1, 0.15) is 17.4 Å². The molecule has 17 heteroatoms. The first-order valence-corrected chi connectivity index (χ1v) is 17.3. The molecule has 0 bridgehead atoms. The van der Waals surface area contributed by atoms with E-state index in [1.165, 1.54) is 6.07 Å². The number of ether oxygens (including phenoxy) is 1. The molecule has 2 aliphatic heterocycles. The van der Waals surface area contributed by atoms with Crippen molar-refractivity contribution in [2.45, 2.75) is 43.7 Å². The molecule has 0 spiro atoms. The molecule has 13 nitrogen and oxygen atoms in total. The van der Waals surface area contributed by atoms with E-state index in [1.54, 1.807) is 6.07 Å². The van der Waals surface area contributed by atoms with Gasteiger partial charge < -0.3 is 35.3 Å². The summed E-state index contributed by atoms with van der Waals surface area (Å²) >= 11 is 0.959. The Bertz CT molecular complexity index is 1910. The number of aliphatic hydroxyl groups is 1. The molecule has 2 saturated heterocycles. The molecule has 3 heterocycles. The lowest BCUT2D eigenvalue weighted by molar-refractivity contribution is -0.192. The molecule has 2 fully saturated rings. The van der Waals surface area contributed by atoms with Gasteiger partial charge in [-0.2, -0.15) is 13.2 Å². The van der Waals surface area contributed by atoms with Crippen molar-refractivity contribution in [1.82, 2.24) is 20.1 Å². The lowest BCUT2D eigenvalue weighted by Gasteiger charge is -2.32. The van der Waals surface area contributed by atoms with Crippen LogP contribution in [0.1, 0.15) is 30.9 Å². The number of para-hydroxylation sites is 1. The summed E-state index contributed by atoms with van der Waals surface area (Å²) in [6.07, 6.45) is -4.55. The van der Waals surface area contributed by atoms with E-state index in [-0.39, 0.29) is 35.2 Å². The van der Waals surface area contributed by atoms with Crippen molar-refractivity contribution in [2.75, 3.05) is 44.6 Å². The number of H-pyrrole nitrogens is 1. The Labute approximate surface area is 299 Å². The molecule has 3 aromatic carbocycles. The lowest BCUT2D eigenvalue weighted by atomic mass is 10.0. The minimum atomic E-state index is -5.08. The van der Waals surface area contributed by atoms with Crippen LogP contribution in [0.15, 0.2) is 71.5 Å². The van der Waals surface area contributed by atoms with Crippen molar-refractivity contribution in [3.05, 3.63) is 82.0 Å². The molecule has 0 unspecified atom stereocenters. The largest absolute Gasteiger partial charge is 0.506 e. The molecule has 0 radical (unpaired) electrons. The number of hydrogen-bond donors (Lipinski definition) is 6. The molecule has 2 atom stereocenters. The maximum Gasteiger partial charge on any atom is 0.490 e. The average molecular weight is 746 g/mol. The van der Waals surface area contributed by atoms with E-state index < -0.39 is 24.3 Å². The highest BCUT2D eigenvalue weighted by Crippen LogP contribution is 2.32. The molecule has 6 N–H and O–H groups in total. The van der Waals surface area contributed by atoms with Crippen molar-refractivity contribution in [3.8, 4) is 16.9 Å². The standard InChI is InChI=1S/C33H37N5O6S.C2HF3O2/c39-27-11-10-25(31-30(27)36-33(43)45-31)28(40)18-34-22-12-17-38(19-22)29(41)20-37-15-13-23(14-16-37)44-32(42)35-26-9-5-4-8-24(26)21-6-2-1-3-7-21;3-2(4,5)1(6)7/h1-11,22-23,28,34,39-40H,12-20H2,(H,35,42)(H,36,43);(H,6,7)/t22-,28+;/m1./s1. The fourth-order valence-electron chi connectivity index (χ4n) is 6.07. The van der Waals surface area contributed by atoms with Gasteiger partial charge in [-0.1, -0.05) is 65.9 Å². The number of halogens is 3. The molecule has 0 saturated carbocycles. The zero-order valence-electron chi connectivity index (χ0n) is 27.8. The highest BCUT2D eigenvalue weighted by Gasteiger charge is 2.38. The summed E-state index contributed by atoms with van der Waals surface area (Å²) in [6.45, 7) is 3.10. The first-order valence-electron chi connectivity index (χ1n) is 16.5. The number of amides is 2. The third kappa shape index (κ3) is 10.1. The van der Waals surface area contributed by atoms with Crippen LogP contribution in [-0.4, -0.2) is 106 Å². The molecule has 4 aromatic rings. The second kappa shape index (κ2) is 17.0. The third-order valence-electron chi connectivity index (χ3n) is 8.75. The molecule has 6 rings (SSSR count). The number of phenols is 1. The number of rotatable bonds is 9. The number of carboxylic acid groups (broad SMARTS) is 1. The summed E-state index contributed by atoms with van der Waals surface area (Å²) in [6, 6.07) is 20.7. The van der Waals surface area contributed by atoms with Crippen LogP contribution in [0, 0.1) is 0 Å². The number of nitrogens with zero attached hydrogens (tertiary/aromatic N) is 2. The van der Waals surface area contributed by atoms with Crippen molar-refractivity contribution in [2.24, 2.45) is 0 Å². The quantitative estimate of drug-likeness (QED) is 0.142. The predicted molar refractivity (Wildman–Crippen MR) is 187 cm³/mol. The van der Waals surface area contributed by atoms with Gasteiger partial charge in [0.25, 0.3) is 0 Å². The molecule has 52 heavy (non-hydrogen) atoms. The van der Waals surface area contributed by atoms with Crippen LogP contribution in [0.25, 0.3) is 21.3 Å². The first kappa shape index (κ1) is 38.3. The van der Waals surface area contributed by atoms with E-state index in [1.807, 2.05) is 59.5 Å². The zero-order chi connectivity index (χ0) is 37.4. The number of nitrogens with one attached hydrogen (secondary N) is 3. The van der Waals surface area contributed by atoms with Crippen molar-refractivity contribution in [3.63, 3.8) is 0 Å². The molecule has 1 aromatic heterocycles. The number of aromatic amines is 1. The summed E-state index contributed by atoms with van der Waals surface area (Å²) < 4.78 is 38.0. The Balaban J connectivity index is 0.000000679. The molecular weight excluding hydrogens is 707 g/mol. The summed E-state index contributed by atoms with van der Waals surface area (Å²) in [5.41, 5.74) is 3.54. The maximum absolute atomic E-state index is 13.1. The number of carbonyl (C=O) groups excluding carboxylic acids is 2. The molecule has 0 aliphatic carbocycles. The number of hydrogen-bond acceptors (Lipinski definition) is 10. The number of aromatic nitrogens is 1. The number of aliphatic hydroxyl groups excluding tert-OH is 1. The van der Waals surface area contributed by atoms with Gasteiger partial charge in [0.2, 0.25) is 5.91 Å². The van der Waals surface area contributed by atoms with E-state index in [4.69, 9.17) is 14.6 Å². The monoisotopic (exact) mass is 745 g/mol. The lowest BCUT2D eigenvalue weighted by Crippen LogP contribution is -2.45. The van der Waals surface area contributed by atoms with Gasteiger partial charge in [0.15, 0.2) is 0 Å². The Morgan fingerprint density at radius 2 is 1.65 bits per heavy atom. The number of alkyl halides is 3. The van der Waals surface area contributed by atoms with Gasteiger partial charge in [-0.05, 0) is 37.0 Å². The van der Waals surface area contributed by atoms with Crippen molar-refractivity contribution < 1.29 is 47.6 Å². The van der Waals surface area contributed by atoms with E-state index >= 15 is 0 Å². The van der Waals surface area contributed by atoms with Crippen molar-refractivity contribution >= 4 is 45.2 Å². The fourth-order valence-corrected chi connectivity index (χ4v) is 6.99. The van der Waals surface area contributed by atoms with E-state index in [0.29, 0.717) is 67.0 Å². The van der Waals surface area contributed by atoms with E-state index in [0.717, 1.165) is 28.9 Å². The highest BCUT2D eigenvalue weighted by molar-refractivity contribution is 7.16. The number of likely N-dealkylation sites (tertiary alicyclic amines) is 2. The smallest absolute Gasteiger partial charge is 0.490 e. The Morgan fingerprint density at radius 1 is 0.981 bits per heavy atom. The van der Waals surface area contributed by atoms with Crippen LogP contribution in [0.2, 0.25) is 0 Å². The van der Waals surface area contributed by atoms with Crippen LogP contribution >= 0.6 is 11.3 Å². The average Bonchev–Trinajstić information content (AvgIpc) is 3.76. The zero-order valence-corrected chi connectivity index (χ0v) is 28.6. The molecular formula is C35H38F3N5O8S. The van der Waals surface area contributed by atoms with Gasteiger partial charge in [0.05, 0.1) is 23.0 Å². The highest BCUT2D eigenvalue weighted by atomic mass is 32.1. The third-order valence-corrected chi connectivity index (χ3v) is 9.68. The maximum atomic E-state index is 13.1. The number of fused-ring (bicyclic) bond motifs is 1. The Morgan fingerprint density at radius 3 is 2.35 bits per heavy atom. The number of aromatic hydroxyl groups is 1. The van der Waals surface area contributed by atoms with Gasteiger partial charge in [-0.15, -0.1) is 0 Å². The summed E-state index contributed by atoms with van der Waals surface area (Å²) in [7, 11) is 0. The van der Waals surface area contributed by atoms with Crippen LogP contribution in [0.4, 0.5) is 23.7 Å². The fraction of sp³-hybridized carbons (Fsp3) is 0.371. The number of carbonyl (C=O) groups is 3. The first-order chi connectivity index (χ1) is 24.8. The second-order valence-corrected chi connectivity index (χ2v) is 13.3. The Hall–Kier alpha value is -4.97. The number of carboxylic acids is 1. The number of piperidine rings is 1. The van der Waals surface area contributed by atoms with Crippen LogP contribution in [0.3, 0.4) is 0 Å². The molecule has 278 valence electrons. The Kier molecular flexibility index (Phi) is 12.5. The minimum absolute atomic E-state index is 0.0276. The summed E-state index contributed by atoms with van der Waals surface area (Å²) in [5.74, 6) is -2.72. The van der Waals surface area contributed by atoms with Crippen molar-refractivity contribution in [1.29, 1.82) is 0 Å². The number of aliphatic carboxylic acids is 1. The van der Waals surface area contributed by atoms with Crippen LogP contribution in [-0.2, 0) is 14.3 Å². The van der Waals surface area contributed by atoms with Crippen LogP contribution in [0.5, 0.6) is 5.75 Å². The second-order valence-electron chi connectivity index (χ2n) is 12.4. The van der Waals surface area contributed by atoms with Gasteiger partial charge >= 0.3 is 23.1 Å². The normalized spacial score (nSPS) is 17.3. The number of benzene rings is 3. The number of thiazole rings is 1. The number of phenolic OH excluding ortho intramolecular Hbond substituents is 1. The molecule has 2 amide bonds. The van der Waals surface area contributed by atoms with E-state index in [2.05, 4.69) is 20.5 Å². The van der Waals surface area contributed by atoms with Crippen LogP contribution < -0.4 is 15.5 Å². The summed E-state index contributed by atoms with van der Waals surface area (Å²) in [5, 5.41) is 34.2. The minimum Gasteiger partial charge on any atom is -0.506 e. The van der Waals surface area contributed by atoms with Gasteiger partial charge in [0, 0.05) is 49.9 Å². The SMILES string of the molecule is O=C(Nc1ccccc1-c1ccccc1)OC1CCN(CC(=O)N2CC[C@@H](NC[C@H](O)c3ccc(O)c4[nH]c(=O)sc34)C2)CC1.O=C(O)C(F)(F)F. The summed E-state index contributed by atoms with van der Waals surface area (Å²) in [4.78, 5) is 52.7.